The first-order valence-corrected chi connectivity index (χ1v) is 6.80. The second-order valence-corrected chi connectivity index (χ2v) is 4.92. The fourth-order valence-electron chi connectivity index (χ4n) is 2.49. The standard InChI is InChI=1S/C14H14ClN5/c1-2-9(8-6-4-3-5-7-8)11-10-12(16)17-14(15)18-13(10)20-19-11/h3-7,9H,2H2,1H3,(H3,16,17,18,19,20)/t9-/m0/s1. The third-order valence-electron chi connectivity index (χ3n) is 3.40. The minimum atomic E-state index is 0.112. The Balaban J connectivity index is 2.18. The molecule has 0 unspecified atom stereocenters. The van der Waals surface area contributed by atoms with Gasteiger partial charge in [-0.05, 0) is 23.6 Å². The topological polar surface area (TPSA) is 80.5 Å². The molecule has 0 bridgehead atoms. The molecule has 0 saturated carbocycles. The van der Waals surface area contributed by atoms with Crippen molar-refractivity contribution < 1.29 is 0 Å². The minimum Gasteiger partial charge on any atom is -0.383 e. The number of aromatic amines is 1. The molecule has 3 N–H and O–H groups in total. The molecule has 5 nitrogen and oxygen atoms in total. The molecule has 2 aromatic heterocycles. The first-order chi connectivity index (χ1) is 9.70. The van der Waals surface area contributed by atoms with Crippen LogP contribution in [0.25, 0.3) is 11.0 Å². The van der Waals surface area contributed by atoms with E-state index in [0.717, 1.165) is 17.5 Å². The van der Waals surface area contributed by atoms with Crippen LogP contribution in [0.15, 0.2) is 30.3 Å². The summed E-state index contributed by atoms with van der Waals surface area (Å²) in [6, 6.07) is 10.2. The summed E-state index contributed by atoms with van der Waals surface area (Å²) in [6.07, 6.45) is 0.920. The third-order valence-corrected chi connectivity index (χ3v) is 3.57. The maximum atomic E-state index is 5.98. The van der Waals surface area contributed by atoms with Gasteiger partial charge in [0.25, 0.3) is 0 Å². The number of nitrogens with one attached hydrogen (secondary N) is 1. The van der Waals surface area contributed by atoms with E-state index in [0.29, 0.717) is 11.5 Å². The second kappa shape index (κ2) is 5.09. The summed E-state index contributed by atoms with van der Waals surface area (Å²) in [4.78, 5) is 8.12. The number of benzene rings is 1. The lowest BCUT2D eigenvalue weighted by molar-refractivity contribution is 0.748. The molecule has 102 valence electrons. The predicted octanol–water partition coefficient (Wildman–Crippen LogP) is 3.13. The second-order valence-electron chi connectivity index (χ2n) is 4.59. The number of rotatable bonds is 3. The summed E-state index contributed by atoms with van der Waals surface area (Å²) in [7, 11) is 0. The molecule has 0 radical (unpaired) electrons. The van der Waals surface area contributed by atoms with Crippen molar-refractivity contribution in [2.45, 2.75) is 19.3 Å². The Morgan fingerprint density at radius 2 is 2.00 bits per heavy atom. The normalized spacial score (nSPS) is 12.7. The number of H-pyrrole nitrogens is 1. The van der Waals surface area contributed by atoms with E-state index < -0.39 is 0 Å². The van der Waals surface area contributed by atoms with Gasteiger partial charge in [0.2, 0.25) is 5.28 Å². The van der Waals surface area contributed by atoms with Gasteiger partial charge >= 0.3 is 0 Å². The molecule has 20 heavy (non-hydrogen) atoms. The molecule has 0 aliphatic heterocycles. The first kappa shape index (κ1) is 12.9. The Labute approximate surface area is 121 Å². The molecule has 1 aromatic carbocycles. The van der Waals surface area contributed by atoms with Crippen LogP contribution in [0.4, 0.5) is 5.82 Å². The summed E-state index contributed by atoms with van der Waals surface area (Å²) in [5.41, 5.74) is 8.62. The lowest BCUT2D eigenvalue weighted by atomic mass is 9.92. The Hall–Kier alpha value is -2.14. The largest absolute Gasteiger partial charge is 0.383 e. The Bertz CT molecular complexity index is 738. The highest BCUT2D eigenvalue weighted by atomic mass is 35.5. The lowest BCUT2D eigenvalue weighted by Crippen LogP contribution is -2.03. The molecule has 3 aromatic rings. The molecule has 2 heterocycles. The summed E-state index contributed by atoms with van der Waals surface area (Å²) < 4.78 is 0. The Morgan fingerprint density at radius 1 is 1.25 bits per heavy atom. The van der Waals surface area contributed by atoms with Gasteiger partial charge in [-0.1, -0.05) is 37.3 Å². The fraction of sp³-hybridized carbons (Fsp3) is 0.214. The fourth-order valence-corrected chi connectivity index (χ4v) is 2.66. The lowest BCUT2D eigenvalue weighted by Gasteiger charge is -2.14. The van der Waals surface area contributed by atoms with Crippen LogP contribution < -0.4 is 5.73 Å². The zero-order valence-electron chi connectivity index (χ0n) is 11.0. The molecule has 0 amide bonds. The number of anilines is 1. The van der Waals surface area contributed by atoms with E-state index in [1.54, 1.807) is 0 Å². The van der Waals surface area contributed by atoms with Gasteiger partial charge in [0.15, 0.2) is 5.65 Å². The van der Waals surface area contributed by atoms with Crippen LogP contribution in [0.3, 0.4) is 0 Å². The van der Waals surface area contributed by atoms with Crippen LogP contribution >= 0.6 is 11.6 Å². The number of fused-ring (bicyclic) bond motifs is 1. The summed E-state index contributed by atoms with van der Waals surface area (Å²) >= 11 is 5.81. The van der Waals surface area contributed by atoms with Crippen molar-refractivity contribution in [1.82, 2.24) is 20.2 Å². The smallest absolute Gasteiger partial charge is 0.226 e. The Kier molecular flexibility index (Phi) is 3.28. The monoisotopic (exact) mass is 287 g/mol. The van der Waals surface area contributed by atoms with E-state index >= 15 is 0 Å². The molecule has 0 aliphatic rings. The summed E-state index contributed by atoms with van der Waals surface area (Å²) in [5, 5.41) is 8.10. The van der Waals surface area contributed by atoms with E-state index in [9.17, 15) is 0 Å². The summed E-state index contributed by atoms with van der Waals surface area (Å²) in [5.74, 6) is 0.534. The van der Waals surface area contributed by atoms with Gasteiger partial charge < -0.3 is 5.73 Å². The minimum absolute atomic E-state index is 0.112. The van der Waals surface area contributed by atoms with Crippen molar-refractivity contribution in [2.75, 3.05) is 5.73 Å². The van der Waals surface area contributed by atoms with Gasteiger partial charge in [-0.3, -0.25) is 5.10 Å². The number of aromatic nitrogens is 4. The third kappa shape index (κ3) is 2.10. The molecular formula is C14H14ClN5. The molecular weight excluding hydrogens is 274 g/mol. The van der Waals surface area contributed by atoms with Gasteiger partial charge in [0.1, 0.15) is 5.82 Å². The van der Waals surface area contributed by atoms with Crippen molar-refractivity contribution in [3.05, 3.63) is 46.9 Å². The number of nitrogens with two attached hydrogens (primary N) is 1. The van der Waals surface area contributed by atoms with Gasteiger partial charge in [0.05, 0.1) is 11.1 Å². The molecule has 0 saturated heterocycles. The van der Waals surface area contributed by atoms with E-state index in [4.69, 9.17) is 17.3 Å². The average molecular weight is 288 g/mol. The molecule has 6 heteroatoms. The van der Waals surface area contributed by atoms with Gasteiger partial charge in [-0.2, -0.15) is 10.1 Å². The van der Waals surface area contributed by atoms with Gasteiger partial charge in [-0.25, -0.2) is 4.98 Å². The molecule has 3 rings (SSSR count). The highest BCUT2D eigenvalue weighted by molar-refractivity contribution is 6.28. The molecule has 0 aliphatic carbocycles. The van der Waals surface area contributed by atoms with E-state index in [1.807, 2.05) is 18.2 Å². The number of halogens is 1. The van der Waals surface area contributed by atoms with Crippen molar-refractivity contribution in [3.8, 4) is 0 Å². The number of hydrogen-bond acceptors (Lipinski definition) is 4. The highest BCUT2D eigenvalue weighted by Crippen LogP contribution is 2.33. The quantitative estimate of drug-likeness (QED) is 0.725. The van der Waals surface area contributed by atoms with Crippen molar-refractivity contribution in [2.24, 2.45) is 0 Å². The van der Waals surface area contributed by atoms with Crippen molar-refractivity contribution in [1.29, 1.82) is 0 Å². The molecule has 0 spiro atoms. The molecule has 0 fully saturated rings. The van der Waals surface area contributed by atoms with Crippen molar-refractivity contribution >= 4 is 28.5 Å². The average Bonchev–Trinajstić information content (AvgIpc) is 2.85. The van der Waals surface area contributed by atoms with E-state index in [1.165, 1.54) is 5.56 Å². The number of hydrogen-bond donors (Lipinski definition) is 2. The Morgan fingerprint density at radius 3 is 2.70 bits per heavy atom. The van der Waals surface area contributed by atoms with Gasteiger partial charge in [0, 0.05) is 5.92 Å². The first-order valence-electron chi connectivity index (χ1n) is 6.42. The zero-order chi connectivity index (χ0) is 14.1. The number of nitrogens with zero attached hydrogens (tertiary/aromatic N) is 3. The summed E-state index contributed by atoms with van der Waals surface area (Å²) in [6.45, 7) is 2.12. The number of nitrogen functional groups attached to an aromatic ring is 1. The van der Waals surface area contributed by atoms with E-state index in [2.05, 4.69) is 39.2 Å². The SMILES string of the molecule is CC[C@@H](c1ccccc1)c1[nH]nc2nc(Cl)nc(N)c12. The van der Waals surface area contributed by atoms with Crippen LogP contribution in [0.5, 0.6) is 0 Å². The maximum Gasteiger partial charge on any atom is 0.226 e. The molecule has 1 atom stereocenters. The zero-order valence-corrected chi connectivity index (χ0v) is 11.7. The van der Waals surface area contributed by atoms with Crippen LogP contribution in [0.1, 0.15) is 30.5 Å². The van der Waals surface area contributed by atoms with Crippen LogP contribution in [-0.2, 0) is 0 Å². The van der Waals surface area contributed by atoms with Crippen LogP contribution in [0.2, 0.25) is 5.28 Å². The van der Waals surface area contributed by atoms with Crippen LogP contribution in [0, 0.1) is 0 Å². The van der Waals surface area contributed by atoms with Gasteiger partial charge in [-0.15, -0.1) is 0 Å². The van der Waals surface area contributed by atoms with E-state index in [-0.39, 0.29) is 11.2 Å². The maximum absolute atomic E-state index is 5.98. The van der Waals surface area contributed by atoms with Crippen molar-refractivity contribution in [3.63, 3.8) is 0 Å². The van der Waals surface area contributed by atoms with Crippen LogP contribution in [-0.4, -0.2) is 20.2 Å². The highest BCUT2D eigenvalue weighted by Gasteiger charge is 2.20. The predicted molar refractivity (Wildman–Crippen MR) is 79.7 cm³/mol.